The van der Waals surface area contributed by atoms with E-state index >= 15 is 0 Å². The number of nitrogens with one attached hydrogen (secondary N) is 1. The van der Waals surface area contributed by atoms with Crippen LogP contribution in [0.5, 0.6) is 11.5 Å². The maximum atomic E-state index is 9.39. The Morgan fingerprint density at radius 2 is 2.00 bits per heavy atom. The van der Waals surface area contributed by atoms with Crippen LogP contribution in [0.15, 0.2) is 18.2 Å². The van der Waals surface area contributed by atoms with Crippen LogP contribution in [0.4, 0.5) is 0 Å². The van der Waals surface area contributed by atoms with E-state index < -0.39 is 0 Å². The largest absolute Gasteiger partial charge is 0.508 e. The Morgan fingerprint density at radius 3 is 2.58 bits per heavy atom. The highest BCUT2D eigenvalue weighted by Gasteiger charge is 2.08. The van der Waals surface area contributed by atoms with Crippen molar-refractivity contribution in [3.8, 4) is 11.5 Å². The predicted molar refractivity (Wildman–Crippen MR) is 47.2 cm³/mol. The third-order valence-corrected chi connectivity index (χ3v) is 1.91. The van der Waals surface area contributed by atoms with E-state index in [-0.39, 0.29) is 17.5 Å². The molecule has 66 valence electrons. The van der Waals surface area contributed by atoms with Crippen molar-refractivity contribution in [1.29, 1.82) is 0 Å². The molecular formula is C9H13NO2. The summed E-state index contributed by atoms with van der Waals surface area (Å²) < 4.78 is 0. The van der Waals surface area contributed by atoms with Crippen molar-refractivity contribution in [3.63, 3.8) is 0 Å². The van der Waals surface area contributed by atoms with Gasteiger partial charge in [-0.15, -0.1) is 0 Å². The van der Waals surface area contributed by atoms with Crippen molar-refractivity contribution in [2.75, 3.05) is 7.05 Å². The van der Waals surface area contributed by atoms with Crippen molar-refractivity contribution < 1.29 is 10.2 Å². The summed E-state index contributed by atoms with van der Waals surface area (Å²) in [6.45, 7) is 1.91. The van der Waals surface area contributed by atoms with E-state index in [1.54, 1.807) is 13.1 Å². The monoisotopic (exact) mass is 167 g/mol. The molecule has 1 aromatic carbocycles. The summed E-state index contributed by atoms with van der Waals surface area (Å²) in [5, 5.41) is 21.5. The standard InChI is InChI=1S/C9H13NO2/c1-6(10-2)8-5-7(11)3-4-9(8)12/h3-6,10-12H,1-2H3/t6-/m1/s1. The van der Waals surface area contributed by atoms with Crippen molar-refractivity contribution in [3.05, 3.63) is 23.8 Å². The summed E-state index contributed by atoms with van der Waals surface area (Å²) in [6.07, 6.45) is 0. The predicted octanol–water partition coefficient (Wildman–Crippen LogP) is 1.38. The quantitative estimate of drug-likeness (QED) is 0.583. The van der Waals surface area contributed by atoms with E-state index in [9.17, 15) is 5.11 Å². The number of phenolic OH excluding ortho intramolecular Hbond substituents is 2. The molecule has 3 nitrogen and oxygen atoms in total. The van der Waals surface area contributed by atoms with Gasteiger partial charge < -0.3 is 15.5 Å². The molecule has 0 heterocycles. The van der Waals surface area contributed by atoms with Crippen molar-refractivity contribution in [2.24, 2.45) is 0 Å². The Labute approximate surface area is 71.7 Å². The average molecular weight is 167 g/mol. The SMILES string of the molecule is CN[C@H](C)c1cc(O)ccc1O. The van der Waals surface area contributed by atoms with Gasteiger partial charge in [0.1, 0.15) is 11.5 Å². The zero-order chi connectivity index (χ0) is 9.14. The Bertz CT molecular complexity index is 273. The fourth-order valence-corrected chi connectivity index (χ4v) is 1.04. The lowest BCUT2D eigenvalue weighted by Gasteiger charge is -2.12. The summed E-state index contributed by atoms with van der Waals surface area (Å²) in [5.41, 5.74) is 0.706. The first kappa shape index (κ1) is 8.87. The number of phenols is 2. The van der Waals surface area contributed by atoms with E-state index in [0.717, 1.165) is 0 Å². The molecular weight excluding hydrogens is 154 g/mol. The van der Waals surface area contributed by atoms with Gasteiger partial charge in [0, 0.05) is 11.6 Å². The third kappa shape index (κ3) is 1.68. The van der Waals surface area contributed by atoms with Gasteiger partial charge in [-0.2, -0.15) is 0 Å². The molecule has 0 aliphatic carbocycles. The van der Waals surface area contributed by atoms with Crippen LogP contribution in [-0.4, -0.2) is 17.3 Å². The average Bonchev–Trinajstić information content (AvgIpc) is 2.08. The first-order valence-electron chi connectivity index (χ1n) is 3.84. The van der Waals surface area contributed by atoms with Gasteiger partial charge in [-0.1, -0.05) is 0 Å². The second kappa shape index (κ2) is 3.45. The van der Waals surface area contributed by atoms with Crippen LogP contribution in [0.3, 0.4) is 0 Å². The second-order valence-corrected chi connectivity index (χ2v) is 2.75. The van der Waals surface area contributed by atoms with Crippen LogP contribution in [0.25, 0.3) is 0 Å². The van der Waals surface area contributed by atoms with E-state index in [1.165, 1.54) is 12.1 Å². The summed E-state index contributed by atoms with van der Waals surface area (Å²) in [4.78, 5) is 0. The fraction of sp³-hybridized carbons (Fsp3) is 0.333. The topological polar surface area (TPSA) is 52.5 Å². The van der Waals surface area contributed by atoms with Crippen LogP contribution in [0.1, 0.15) is 18.5 Å². The molecule has 0 aromatic heterocycles. The second-order valence-electron chi connectivity index (χ2n) is 2.75. The highest BCUT2D eigenvalue weighted by atomic mass is 16.3. The summed E-state index contributed by atoms with van der Waals surface area (Å²) in [6, 6.07) is 4.54. The van der Waals surface area contributed by atoms with Crippen LogP contribution in [-0.2, 0) is 0 Å². The molecule has 0 amide bonds. The molecule has 0 fully saturated rings. The van der Waals surface area contributed by atoms with Gasteiger partial charge >= 0.3 is 0 Å². The van der Waals surface area contributed by atoms with Gasteiger partial charge in [0.2, 0.25) is 0 Å². The van der Waals surface area contributed by atoms with Crippen LogP contribution in [0, 0.1) is 0 Å². The lowest BCUT2D eigenvalue weighted by molar-refractivity contribution is 0.445. The highest BCUT2D eigenvalue weighted by molar-refractivity contribution is 5.40. The Morgan fingerprint density at radius 1 is 1.33 bits per heavy atom. The zero-order valence-electron chi connectivity index (χ0n) is 7.20. The molecule has 1 atom stereocenters. The molecule has 3 N–H and O–H groups in total. The van der Waals surface area contributed by atoms with E-state index in [1.807, 2.05) is 6.92 Å². The minimum atomic E-state index is 0.0390. The normalized spacial score (nSPS) is 12.8. The molecule has 1 aromatic rings. The van der Waals surface area contributed by atoms with Gasteiger partial charge in [-0.05, 0) is 32.2 Å². The molecule has 0 saturated carbocycles. The smallest absolute Gasteiger partial charge is 0.120 e. The summed E-state index contributed by atoms with van der Waals surface area (Å²) in [5.74, 6) is 0.375. The lowest BCUT2D eigenvalue weighted by atomic mass is 10.1. The maximum Gasteiger partial charge on any atom is 0.120 e. The Balaban J connectivity index is 3.04. The van der Waals surface area contributed by atoms with Crippen LogP contribution < -0.4 is 5.32 Å². The molecule has 0 bridgehead atoms. The summed E-state index contributed by atoms with van der Waals surface area (Å²) >= 11 is 0. The molecule has 0 aliphatic heterocycles. The Kier molecular flexibility index (Phi) is 2.55. The molecule has 12 heavy (non-hydrogen) atoms. The van der Waals surface area contributed by atoms with Crippen molar-refractivity contribution >= 4 is 0 Å². The minimum Gasteiger partial charge on any atom is -0.508 e. The van der Waals surface area contributed by atoms with Gasteiger partial charge in [-0.25, -0.2) is 0 Å². The van der Waals surface area contributed by atoms with Crippen molar-refractivity contribution in [1.82, 2.24) is 5.32 Å². The van der Waals surface area contributed by atoms with E-state index in [4.69, 9.17) is 5.11 Å². The Hall–Kier alpha value is -1.22. The molecule has 0 aliphatic rings. The van der Waals surface area contributed by atoms with Crippen LogP contribution >= 0.6 is 0 Å². The maximum absolute atomic E-state index is 9.39. The minimum absolute atomic E-state index is 0.0390. The molecule has 3 heteroatoms. The third-order valence-electron chi connectivity index (χ3n) is 1.91. The molecule has 0 spiro atoms. The highest BCUT2D eigenvalue weighted by Crippen LogP contribution is 2.27. The van der Waals surface area contributed by atoms with Gasteiger partial charge in [0.15, 0.2) is 0 Å². The van der Waals surface area contributed by atoms with Gasteiger partial charge in [0.25, 0.3) is 0 Å². The van der Waals surface area contributed by atoms with Crippen LogP contribution in [0.2, 0.25) is 0 Å². The first-order chi connectivity index (χ1) is 5.65. The molecule has 1 rings (SSSR count). The van der Waals surface area contributed by atoms with Gasteiger partial charge in [0.05, 0.1) is 0 Å². The zero-order valence-corrected chi connectivity index (χ0v) is 7.20. The van der Waals surface area contributed by atoms with Crippen molar-refractivity contribution in [2.45, 2.75) is 13.0 Å². The number of rotatable bonds is 2. The lowest BCUT2D eigenvalue weighted by Crippen LogP contribution is -2.12. The molecule has 0 unspecified atom stereocenters. The summed E-state index contributed by atoms with van der Waals surface area (Å²) in [7, 11) is 1.80. The first-order valence-corrected chi connectivity index (χ1v) is 3.84. The van der Waals surface area contributed by atoms with Gasteiger partial charge in [-0.3, -0.25) is 0 Å². The van der Waals surface area contributed by atoms with E-state index in [0.29, 0.717) is 5.56 Å². The number of hydrogen-bond donors (Lipinski definition) is 3. The van der Waals surface area contributed by atoms with E-state index in [2.05, 4.69) is 5.32 Å². The molecule has 0 saturated heterocycles. The molecule has 0 radical (unpaired) electrons. The number of benzene rings is 1. The number of aromatic hydroxyl groups is 2. The fourth-order valence-electron chi connectivity index (χ4n) is 1.04. The number of hydrogen-bond acceptors (Lipinski definition) is 3.